The minimum absolute atomic E-state index is 0.0720. The topological polar surface area (TPSA) is 96.3 Å². The Morgan fingerprint density at radius 3 is 2.45 bits per heavy atom. The minimum Gasteiger partial charge on any atom is -0.307 e. The number of aromatic nitrogens is 2. The molecule has 0 saturated heterocycles. The SMILES string of the molecule is CN1CCn2ncc(S(=O)(=O)NC(=O)Nc3c4c(cc5c3CCC5)CCC4)c2C1. The maximum atomic E-state index is 12.9. The number of fused-ring (bicyclic) bond motifs is 3. The molecule has 154 valence electrons. The quantitative estimate of drug-likeness (QED) is 0.797. The maximum Gasteiger partial charge on any atom is 0.333 e. The lowest BCUT2D eigenvalue weighted by molar-refractivity contribution is 0.255. The molecule has 5 rings (SSSR count). The number of hydrogen-bond acceptors (Lipinski definition) is 5. The van der Waals surface area contributed by atoms with Gasteiger partial charge in [0.05, 0.1) is 18.4 Å². The molecule has 2 aromatic rings. The van der Waals surface area contributed by atoms with Crippen LogP contribution in [0, 0.1) is 0 Å². The van der Waals surface area contributed by atoms with Crippen LogP contribution in [0.2, 0.25) is 0 Å². The fraction of sp³-hybridized carbons (Fsp3) is 0.500. The second-order valence-electron chi connectivity index (χ2n) is 8.21. The maximum absolute atomic E-state index is 12.9. The zero-order valence-corrected chi connectivity index (χ0v) is 17.3. The molecule has 1 aromatic carbocycles. The number of amides is 2. The zero-order valence-electron chi connectivity index (χ0n) is 16.5. The number of sulfonamides is 1. The van der Waals surface area contributed by atoms with Crippen molar-refractivity contribution < 1.29 is 13.2 Å². The predicted molar refractivity (Wildman–Crippen MR) is 108 cm³/mol. The zero-order chi connectivity index (χ0) is 20.2. The third kappa shape index (κ3) is 3.22. The van der Waals surface area contributed by atoms with Crippen molar-refractivity contribution in [2.24, 2.45) is 0 Å². The number of urea groups is 1. The Bertz CT molecular complexity index is 1070. The second-order valence-corrected chi connectivity index (χ2v) is 9.86. The van der Waals surface area contributed by atoms with E-state index in [1.54, 1.807) is 4.68 Å². The first-order chi connectivity index (χ1) is 13.9. The fourth-order valence-electron chi connectivity index (χ4n) is 4.85. The van der Waals surface area contributed by atoms with Crippen molar-refractivity contribution >= 4 is 21.7 Å². The van der Waals surface area contributed by atoms with Gasteiger partial charge in [0.25, 0.3) is 10.0 Å². The van der Waals surface area contributed by atoms with E-state index in [1.165, 1.54) is 28.5 Å². The van der Waals surface area contributed by atoms with E-state index in [2.05, 4.69) is 21.2 Å². The summed E-state index contributed by atoms with van der Waals surface area (Å²) in [6.07, 6.45) is 7.37. The van der Waals surface area contributed by atoms with Gasteiger partial charge in [-0.15, -0.1) is 0 Å². The van der Waals surface area contributed by atoms with Crippen molar-refractivity contribution in [3.8, 4) is 0 Å². The average molecular weight is 416 g/mol. The summed E-state index contributed by atoms with van der Waals surface area (Å²) in [5.74, 6) is 0. The smallest absolute Gasteiger partial charge is 0.307 e. The summed E-state index contributed by atoms with van der Waals surface area (Å²) >= 11 is 0. The molecule has 2 amide bonds. The second kappa shape index (κ2) is 6.84. The van der Waals surface area contributed by atoms with E-state index in [0.29, 0.717) is 18.8 Å². The summed E-state index contributed by atoms with van der Waals surface area (Å²) in [6, 6.07) is 1.57. The molecule has 1 aromatic heterocycles. The number of rotatable bonds is 3. The first-order valence-corrected chi connectivity index (χ1v) is 11.6. The lowest BCUT2D eigenvalue weighted by atomic mass is 9.99. The molecule has 0 spiro atoms. The lowest BCUT2D eigenvalue weighted by Gasteiger charge is -2.24. The molecule has 1 aliphatic heterocycles. The van der Waals surface area contributed by atoms with Crippen molar-refractivity contribution in [3.63, 3.8) is 0 Å². The third-order valence-corrected chi connectivity index (χ3v) is 7.63. The molecule has 0 bridgehead atoms. The van der Waals surface area contributed by atoms with Gasteiger partial charge in [0, 0.05) is 18.8 Å². The Morgan fingerprint density at radius 2 is 1.76 bits per heavy atom. The van der Waals surface area contributed by atoms with E-state index in [9.17, 15) is 13.2 Å². The molecular weight excluding hydrogens is 390 g/mol. The van der Waals surface area contributed by atoms with Crippen LogP contribution in [0.15, 0.2) is 17.2 Å². The van der Waals surface area contributed by atoms with Crippen LogP contribution >= 0.6 is 0 Å². The number of aryl methyl sites for hydroxylation is 2. The monoisotopic (exact) mass is 415 g/mol. The van der Waals surface area contributed by atoms with Crippen LogP contribution in [0.25, 0.3) is 0 Å². The van der Waals surface area contributed by atoms with Crippen LogP contribution in [0.4, 0.5) is 10.5 Å². The molecule has 0 atom stereocenters. The number of hydrogen-bond donors (Lipinski definition) is 2. The number of anilines is 1. The molecule has 0 saturated carbocycles. The molecule has 2 N–H and O–H groups in total. The van der Waals surface area contributed by atoms with Crippen molar-refractivity contribution in [1.82, 2.24) is 19.4 Å². The van der Waals surface area contributed by atoms with Gasteiger partial charge in [-0.2, -0.15) is 5.10 Å². The first kappa shape index (κ1) is 18.6. The van der Waals surface area contributed by atoms with Gasteiger partial charge in [0.15, 0.2) is 0 Å². The highest BCUT2D eigenvalue weighted by atomic mass is 32.2. The lowest BCUT2D eigenvalue weighted by Crippen LogP contribution is -2.36. The number of nitrogens with one attached hydrogen (secondary N) is 2. The normalized spacial score (nSPS) is 18.2. The fourth-order valence-corrected chi connectivity index (χ4v) is 5.92. The third-order valence-electron chi connectivity index (χ3n) is 6.25. The molecular formula is C20H25N5O3S. The summed E-state index contributed by atoms with van der Waals surface area (Å²) in [5, 5.41) is 7.07. The summed E-state index contributed by atoms with van der Waals surface area (Å²) in [4.78, 5) is 14.8. The number of benzene rings is 1. The Labute approximate surface area is 170 Å². The molecule has 0 unspecified atom stereocenters. The van der Waals surface area contributed by atoms with Gasteiger partial charge >= 0.3 is 6.03 Å². The van der Waals surface area contributed by atoms with Crippen molar-refractivity contribution in [3.05, 3.63) is 40.2 Å². The largest absolute Gasteiger partial charge is 0.333 e. The van der Waals surface area contributed by atoms with Gasteiger partial charge in [-0.25, -0.2) is 17.9 Å². The summed E-state index contributed by atoms with van der Waals surface area (Å²) in [6.45, 7) is 1.93. The highest BCUT2D eigenvalue weighted by Gasteiger charge is 2.29. The van der Waals surface area contributed by atoms with Gasteiger partial charge in [0.2, 0.25) is 0 Å². The highest BCUT2D eigenvalue weighted by Crippen LogP contribution is 2.38. The average Bonchev–Trinajstić information content (AvgIpc) is 3.39. The van der Waals surface area contributed by atoms with E-state index in [-0.39, 0.29) is 4.90 Å². The van der Waals surface area contributed by atoms with Gasteiger partial charge in [0.1, 0.15) is 4.90 Å². The molecule has 3 aliphatic rings. The Kier molecular flexibility index (Phi) is 4.40. The number of likely N-dealkylation sites (N-methyl/N-ethyl adjacent to an activating group) is 1. The molecule has 29 heavy (non-hydrogen) atoms. The Morgan fingerprint density at radius 1 is 1.07 bits per heavy atom. The molecule has 8 nitrogen and oxygen atoms in total. The minimum atomic E-state index is -4.00. The standard InChI is InChI=1S/C20H25N5O3S/c1-24-8-9-25-17(12-24)18(11-21-25)29(27,28)23-20(26)22-19-15-6-2-4-13(15)10-14-5-3-7-16(14)19/h10-11H,2-9,12H2,1H3,(H2,22,23,26). The van der Waals surface area contributed by atoms with Crippen LogP contribution in [-0.4, -0.2) is 42.7 Å². The molecule has 0 fully saturated rings. The van der Waals surface area contributed by atoms with E-state index < -0.39 is 16.1 Å². The molecule has 9 heteroatoms. The van der Waals surface area contributed by atoms with E-state index in [1.807, 2.05) is 11.9 Å². The van der Waals surface area contributed by atoms with E-state index in [0.717, 1.165) is 50.8 Å². The van der Waals surface area contributed by atoms with Gasteiger partial charge in [-0.1, -0.05) is 6.07 Å². The molecule has 0 radical (unpaired) electrons. The molecule has 2 aliphatic carbocycles. The summed E-state index contributed by atoms with van der Waals surface area (Å²) in [5.41, 5.74) is 6.36. The van der Waals surface area contributed by atoms with Gasteiger partial charge < -0.3 is 5.32 Å². The summed E-state index contributed by atoms with van der Waals surface area (Å²) < 4.78 is 29.7. The first-order valence-electron chi connectivity index (χ1n) is 10.2. The highest BCUT2D eigenvalue weighted by molar-refractivity contribution is 7.90. The van der Waals surface area contributed by atoms with Gasteiger partial charge in [-0.3, -0.25) is 9.58 Å². The van der Waals surface area contributed by atoms with Crippen LogP contribution < -0.4 is 10.0 Å². The predicted octanol–water partition coefficient (Wildman–Crippen LogP) is 1.82. The Hall–Kier alpha value is -2.39. The van der Waals surface area contributed by atoms with Crippen molar-refractivity contribution in [2.75, 3.05) is 18.9 Å². The van der Waals surface area contributed by atoms with Crippen LogP contribution in [0.1, 0.15) is 40.8 Å². The molecule has 2 heterocycles. The van der Waals surface area contributed by atoms with Gasteiger partial charge in [-0.05, 0) is 67.8 Å². The van der Waals surface area contributed by atoms with Crippen molar-refractivity contribution in [1.29, 1.82) is 0 Å². The van der Waals surface area contributed by atoms with Crippen LogP contribution in [0.5, 0.6) is 0 Å². The van der Waals surface area contributed by atoms with E-state index in [4.69, 9.17) is 0 Å². The van der Waals surface area contributed by atoms with Crippen molar-refractivity contribution in [2.45, 2.75) is 56.5 Å². The number of nitrogens with zero attached hydrogens (tertiary/aromatic N) is 3. The van der Waals surface area contributed by atoms with Crippen LogP contribution in [-0.2, 0) is 48.8 Å². The summed E-state index contributed by atoms with van der Waals surface area (Å²) in [7, 11) is -2.07. The Balaban J connectivity index is 1.41. The number of carbonyl (C=O) groups excluding carboxylic acids is 1. The van der Waals surface area contributed by atoms with Crippen LogP contribution in [0.3, 0.4) is 0 Å². The van der Waals surface area contributed by atoms with E-state index >= 15 is 0 Å². The number of carbonyl (C=O) groups is 1.